The van der Waals surface area contributed by atoms with Gasteiger partial charge in [-0.1, -0.05) is 37.2 Å². The second-order valence-corrected chi connectivity index (χ2v) is 5.50. The van der Waals surface area contributed by atoms with E-state index in [1.54, 1.807) is 6.07 Å². The maximum Gasteiger partial charge on any atom is 0.293 e. The summed E-state index contributed by atoms with van der Waals surface area (Å²) in [6.07, 6.45) is 1.27. The molecule has 118 valence electrons. The van der Waals surface area contributed by atoms with Gasteiger partial charge in [-0.15, -0.1) is 0 Å². The Morgan fingerprint density at radius 2 is 1.96 bits per heavy atom. The summed E-state index contributed by atoms with van der Waals surface area (Å²) < 4.78 is 5.38. The summed E-state index contributed by atoms with van der Waals surface area (Å²) >= 11 is 5.46. The lowest BCUT2D eigenvalue weighted by Crippen LogP contribution is -2.08. The number of nitrogens with one attached hydrogen (secondary N) is 1. The van der Waals surface area contributed by atoms with Gasteiger partial charge in [0, 0.05) is 17.3 Å². The number of nitrogens with zero attached hydrogens (tertiary/aromatic N) is 1. The van der Waals surface area contributed by atoms with E-state index < -0.39 is 11.0 Å². The molecule has 0 bridgehead atoms. The number of H-pyrrole nitrogens is 1. The molecule has 2 heterocycles. The highest BCUT2D eigenvalue weighted by Crippen LogP contribution is 2.35. The minimum atomic E-state index is -1.01. The zero-order valence-corrected chi connectivity index (χ0v) is 13.5. The van der Waals surface area contributed by atoms with Crippen LogP contribution < -0.4 is 0 Å². The molecule has 2 aromatic heterocycles. The third-order valence-electron chi connectivity index (χ3n) is 3.85. The Hall–Kier alpha value is -2.40. The SMILES string of the molecule is CCc1noc(CC)c1-c1[nH]c2ccccc2c1C(=O)C(=O)Cl. The van der Waals surface area contributed by atoms with Crippen LogP contribution in [-0.2, 0) is 17.6 Å². The minimum Gasteiger partial charge on any atom is -0.360 e. The predicted molar refractivity (Wildman–Crippen MR) is 87.7 cm³/mol. The van der Waals surface area contributed by atoms with Crippen LogP contribution in [0.2, 0.25) is 0 Å². The topological polar surface area (TPSA) is 76.0 Å². The number of aryl methyl sites for hydroxylation is 2. The normalized spacial score (nSPS) is 11.1. The third-order valence-corrected chi connectivity index (χ3v) is 4.02. The Bertz CT molecular complexity index is 886. The third kappa shape index (κ3) is 2.47. The van der Waals surface area contributed by atoms with Crippen molar-refractivity contribution < 1.29 is 14.1 Å². The van der Waals surface area contributed by atoms with Gasteiger partial charge >= 0.3 is 0 Å². The van der Waals surface area contributed by atoms with E-state index in [0.717, 1.165) is 16.8 Å². The summed E-state index contributed by atoms with van der Waals surface area (Å²) in [4.78, 5) is 27.1. The molecular formula is C17H15ClN2O3. The first-order valence-electron chi connectivity index (χ1n) is 7.41. The number of para-hydroxylation sites is 1. The van der Waals surface area contributed by atoms with Crippen molar-refractivity contribution in [3.05, 3.63) is 41.3 Å². The Labute approximate surface area is 137 Å². The maximum atomic E-state index is 12.4. The minimum absolute atomic E-state index is 0.271. The number of hydrogen-bond acceptors (Lipinski definition) is 4. The lowest BCUT2D eigenvalue weighted by Gasteiger charge is -2.03. The number of hydrogen-bond donors (Lipinski definition) is 1. The fourth-order valence-electron chi connectivity index (χ4n) is 2.79. The smallest absolute Gasteiger partial charge is 0.293 e. The molecule has 1 N–H and O–H groups in total. The summed E-state index contributed by atoms with van der Waals surface area (Å²) in [7, 11) is 0. The Kier molecular flexibility index (Phi) is 4.05. The first-order valence-corrected chi connectivity index (χ1v) is 7.78. The zero-order chi connectivity index (χ0) is 16.6. The molecule has 5 nitrogen and oxygen atoms in total. The van der Waals surface area contributed by atoms with E-state index >= 15 is 0 Å². The number of Topliss-reactive ketones (excluding diaryl/α,β-unsaturated/α-hetero) is 1. The molecule has 0 radical (unpaired) electrons. The fraction of sp³-hybridized carbons (Fsp3) is 0.235. The summed E-state index contributed by atoms with van der Waals surface area (Å²) in [6.45, 7) is 3.90. The molecule has 23 heavy (non-hydrogen) atoms. The molecular weight excluding hydrogens is 316 g/mol. The highest BCUT2D eigenvalue weighted by atomic mass is 35.5. The lowest BCUT2D eigenvalue weighted by molar-refractivity contribution is -0.108. The van der Waals surface area contributed by atoms with E-state index in [9.17, 15) is 9.59 Å². The largest absolute Gasteiger partial charge is 0.360 e. The highest BCUT2D eigenvalue weighted by Gasteiger charge is 2.27. The lowest BCUT2D eigenvalue weighted by atomic mass is 9.99. The predicted octanol–water partition coefficient (Wildman–Crippen LogP) is 3.90. The van der Waals surface area contributed by atoms with Gasteiger partial charge in [0.2, 0.25) is 5.78 Å². The van der Waals surface area contributed by atoms with Gasteiger partial charge in [-0.05, 0) is 24.1 Å². The van der Waals surface area contributed by atoms with Crippen molar-refractivity contribution >= 4 is 33.5 Å². The van der Waals surface area contributed by atoms with Crippen LogP contribution >= 0.6 is 11.6 Å². The molecule has 0 fully saturated rings. The second kappa shape index (κ2) is 6.01. The van der Waals surface area contributed by atoms with E-state index in [-0.39, 0.29) is 5.56 Å². The van der Waals surface area contributed by atoms with E-state index in [4.69, 9.17) is 16.1 Å². The molecule has 3 aromatic rings. The number of aromatic nitrogens is 2. The van der Waals surface area contributed by atoms with Crippen molar-refractivity contribution in [2.75, 3.05) is 0 Å². The van der Waals surface area contributed by atoms with Crippen LogP contribution in [0.1, 0.15) is 35.7 Å². The molecule has 0 aliphatic heterocycles. The van der Waals surface area contributed by atoms with Crippen LogP contribution in [0.15, 0.2) is 28.8 Å². The molecule has 0 saturated heterocycles. The fourth-order valence-corrected chi connectivity index (χ4v) is 2.89. The van der Waals surface area contributed by atoms with Crippen LogP contribution in [0.5, 0.6) is 0 Å². The van der Waals surface area contributed by atoms with Gasteiger partial charge in [0.25, 0.3) is 5.24 Å². The average molecular weight is 331 g/mol. The van der Waals surface area contributed by atoms with Crippen LogP contribution in [0.4, 0.5) is 0 Å². The molecule has 3 rings (SSSR count). The van der Waals surface area contributed by atoms with Crippen LogP contribution in [0, 0.1) is 0 Å². The maximum absolute atomic E-state index is 12.4. The summed E-state index contributed by atoms with van der Waals surface area (Å²) in [6, 6.07) is 7.30. The first kappa shape index (κ1) is 15.5. The van der Waals surface area contributed by atoms with Crippen LogP contribution in [0.25, 0.3) is 22.2 Å². The number of carbonyl (C=O) groups is 2. The number of aromatic amines is 1. The van der Waals surface area contributed by atoms with Crippen molar-refractivity contribution in [1.29, 1.82) is 0 Å². The number of fused-ring (bicyclic) bond motifs is 1. The molecule has 0 saturated carbocycles. The van der Waals surface area contributed by atoms with Gasteiger partial charge in [0.15, 0.2) is 0 Å². The standard InChI is InChI=1S/C17H15ClN2O3/c1-3-10-14(12(4-2)23-20-10)15-13(16(21)17(18)22)9-7-5-6-8-11(9)19-15/h5-8,19H,3-4H2,1-2H3. The van der Waals surface area contributed by atoms with Gasteiger partial charge in [0.05, 0.1) is 22.5 Å². The summed E-state index contributed by atoms with van der Waals surface area (Å²) in [5.74, 6) is -0.0612. The molecule has 0 aliphatic rings. The number of ketones is 1. The molecule has 6 heteroatoms. The van der Waals surface area contributed by atoms with Crippen molar-refractivity contribution in [3.8, 4) is 11.3 Å². The van der Waals surface area contributed by atoms with E-state index in [1.165, 1.54) is 0 Å². The first-order chi connectivity index (χ1) is 11.1. The summed E-state index contributed by atoms with van der Waals surface area (Å²) in [5, 5.41) is 3.72. The molecule has 0 amide bonds. The van der Waals surface area contributed by atoms with Crippen molar-refractivity contribution in [1.82, 2.24) is 10.1 Å². The van der Waals surface area contributed by atoms with Gasteiger partial charge < -0.3 is 9.51 Å². The van der Waals surface area contributed by atoms with Crippen molar-refractivity contribution in [2.45, 2.75) is 26.7 Å². The number of halogens is 1. The Morgan fingerprint density at radius 3 is 2.61 bits per heavy atom. The van der Waals surface area contributed by atoms with Gasteiger partial charge in [0.1, 0.15) is 5.76 Å². The number of carbonyl (C=O) groups excluding carboxylic acids is 2. The quantitative estimate of drug-likeness (QED) is 0.437. The molecule has 0 aliphatic carbocycles. The number of benzene rings is 1. The second-order valence-electron chi connectivity index (χ2n) is 5.16. The average Bonchev–Trinajstić information content (AvgIpc) is 3.13. The van der Waals surface area contributed by atoms with Crippen LogP contribution in [0.3, 0.4) is 0 Å². The van der Waals surface area contributed by atoms with Gasteiger partial charge in [-0.2, -0.15) is 0 Å². The van der Waals surface area contributed by atoms with Gasteiger partial charge in [-0.3, -0.25) is 9.59 Å². The Morgan fingerprint density at radius 1 is 1.22 bits per heavy atom. The van der Waals surface area contributed by atoms with Gasteiger partial charge in [-0.25, -0.2) is 0 Å². The Balaban J connectivity index is 2.38. The monoisotopic (exact) mass is 330 g/mol. The molecule has 0 unspecified atom stereocenters. The zero-order valence-electron chi connectivity index (χ0n) is 12.8. The van der Waals surface area contributed by atoms with Crippen molar-refractivity contribution in [3.63, 3.8) is 0 Å². The van der Waals surface area contributed by atoms with E-state index in [0.29, 0.717) is 29.7 Å². The molecule has 1 aromatic carbocycles. The van der Waals surface area contributed by atoms with E-state index in [1.807, 2.05) is 32.0 Å². The van der Waals surface area contributed by atoms with Crippen LogP contribution in [-0.4, -0.2) is 21.2 Å². The molecule has 0 spiro atoms. The van der Waals surface area contributed by atoms with E-state index in [2.05, 4.69) is 10.1 Å². The number of rotatable bonds is 5. The molecule has 0 atom stereocenters. The van der Waals surface area contributed by atoms with Crippen molar-refractivity contribution in [2.24, 2.45) is 0 Å². The highest BCUT2D eigenvalue weighted by molar-refractivity contribution is 6.83. The summed E-state index contributed by atoms with van der Waals surface area (Å²) in [5.41, 5.74) is 3.05.